The quantitative estimate of drug-likeness (QED) is 0.665. The first kappa shape index (κ1) is 13.3. The number of hydrogen-bond donors (Lipinski definition) is 1. The van der Waals surface area contributed by atoms with Crippen LogP contribution < -0.4 is 10.2 Å². The molecule has 0 heterocycles. The average molecular weight is 358 g/mol. The Bertz CT molecular complexity index is 435. The molecule has 1 aromatic rings. The van der Waals surface area contributed by atoms with E-state index in [1.807, 2.05) is 24.3 Å². The molecule has 0 radical (unpaired) electrons. The lowest BCUT2D eigenvalue weighted by Gasteiger charge is -2.05. The Kier molecular flexibility index (Phi) is 4.98. The molecule has 1 amide bonds. The zero-order chi connectivity index (χ0) is 12.8. The van der Waals surface area contributed by atoms with E-state index in [4.69, 9.17) is 4.74 Å². The van der Waals surface area contributed by atoms with Crippen molar-refractivity contribution in [3.63, 3.8) is 0 Å². The first-order chi connectivity index (χ1) is 8.74. The van der Waals surface area contributed by atoms with Gasteiger partial charge in [0.1, 0.15) is 5.75 Å². The number of nitrogens with zero attached hydrogens (tertiary/aromatic N) is 1. The highest BCUT2D eigenvalue weighted by molar-refractivity contribution is 14.1. The smallest absolute Gasteiger partial charge is 0.277 e. The summed E-state index contributed by atoms with van der Waals surface area (Å²) in [6.07, 6.45) is 4.35. The second kappa shape index (κ2) is 6.72. The molecule has 96 valence electrons. The molecule has 0 saturated heterocycles. The fourth-order valence-electron chi connectivity index (χ4n) is 1.75. The SMILES string of the molecule is O=C(COc1ccc(I)cc1)NN=C1CCCC1. The molecule has 1 aromatic carbocycles. The number of hydrazone groups is 1. The van der Waals surface area contributed by atoms with Gasteiger partial charge >= 0.3 is 0 Å². The van der Waals surface area contributed by atoms with Crippen molar-refractivity contribution in [1.29, 1.82) is 0 Å². The maximum Gasteiger partial charge on any atom is 0.277 e. The van der Waals surface area contributed by atoms with E-state index in [9.17, 15) is 4.79 Å². The van der Waals surface area contributed by atoms with Crippen LogP contribution >= 0.6 is 22.6 Å². The lowest BCUT2D eigenvalue weighted by atomic mass is 10.3. The molecule has 0 bridgehead atoms. The minimum atomic E-state index is -0.215. The number of halogens is 1. The van der Waals surface area contributed by atoms with E-state index in [1.54, 1.807) is 0 Å². The third kappa shape index (κ3) is 4.29. The standard InChI is InChI=1S/C13H15IN2O2/c14-10-5-7-12(8-6-10)18-9-13(17)16-15-11-3-1-2-4-11/h5-8H,1-4,9H2,(H,16,17). The van der Waals surface area contributed by atoms with Gasteiger partial charge in [-0.05, 0) is 72.5 Å². The number of carbonyl (C=O) groups excluding carboxylic acids is 1. The van der Waals surface area contributed by atoms with Crippen LogP contribution in [0.25, 0.3) is 0 Å². The van der Waals surface area contributed by atoms with Crippen molar-refractivity contribution in [3.05, 3.63) is 27.8 Å². The molecule has 0 spiro atoms. The van der Waals surface area contributed by atoms with Gasteiger partial charge in [0.2, 0.25) is 0 Å². The van der Waals surface area contributed by atoms with Crippen molar-refractivity contribution < 1.29 is 9.53 Å². The van der Waals surface area contributed by atoms with Crippen molar-refractivity contribution in [2.45, 2.75) is 25.7 Å². The van der Waals surface area contributed by atoms with Gasteiger partial charge in [0.05, 0.1) is 0 Å². The van der Waals surface area contributed by atoms with Crippen LogP contribution in [0.2, 0.25) is 0 Å². The van der Waals surface area contributed by atoms with Crippen LogP contribution in [0.3, 0.4) is 0 Å². The van der Waals surface area contributed by atoms with Crippen molar-refractivity contribution in [3.8, 4) is 5.75 Å². The van der Waals surface area contributed by atoms with E-state index in [-0.39, 0.29) is 12.5 Å². The van der Waals surface area contributed by atoms with Crippen molar-refractivity contribution >= 4 is 34.2 Å². The van der Waals surface area contributed by atoms with Crippen LogP contribution in [0.5, 0.6) is 5.75 Å². The fourth-order valence-corrected chi connectivity index (χ4v) is 2.11. The number of amides is 1. The van der Waals surface area contributed by atoms with Gasteiger partial charge in [0, 0.05) is 9.28 Å². The van der Waals surface area contributed by atoms with E-state index < -0.39 is 0 Å². The number of benzene rings is 1. The van der Waals surface area contributed by atoms with Crippen molar-refractivity contribution in [2.24, 2.45) is 5.10 Å². The number of nitrogens with one attached hydrogen (secondary N) is 1. The Morgan fingerprint density at radius 2 is 1.94 bits per heavy atom. The summed E-state index contributed by atoms with van der Waals surface area (Å²) in [5.74, 6) is 0.479. The Morgan fingerprint density at radius 1 is 1.28 bits per heavy atom. The number of carbonyl (C=O) groups is 1. The van der Waals surface area contributed by atoms with Gasteiger partial charge in [-0.1, -0.05) is 0 Å². The van der Waals surface area contributed by atoms with Gasteiger partial charge < -0.3 is 4.74 Å². The zero-order valence-electron chi connectivity index (χ0n) is 9.99. The van der Waals surface area contributed by atoms with Gasteiger partial charge in [0.15, 0.2) is 6.61 Å². The normalized spacial score (nSPS) is 14.4. The minimum absolute atomic E-state index is 0.00261. The van der Waals surface area contributed by atoms with Crippen LogP contribution in [0.1, 0.15) is 25.7 Å². The molecule has 0 aromatic heterocycles. The molecular weight excluding hydrogens is 343 g/mol. The lowest BCUT2D eigenvalue weighted by molar-refractivity contribution is -0.123. The molecule has 2 rings (SSSR count). The predicted molar refractivity (Wildman–Crippen MR) is 78.7 cm³/mol. The summed E-state index contributed by atoms with van der Waals surface area (Å²) in [5, 5.41) is 4.09. The van der Waals surface area contributed by atoms with Crippen molar-refractivity contribution in [1.82, 2.24) is 5.43 Å². The Labute approximate surface area is 120 Å². The topological polar surface area (TPSA) is 50.7 Å². The van der Waals surface area contributed by atoms with Gasteiger partial charge in [-0.25, -0.2) is 5.43 Å². The van der Waals surface area contributed by atoms with Crippen LogP contribution in [0, 0.1) is 3.57 Å². The molecule has 1 N–H and O–H groups in total. The van der Waals surface area contributed by atoms with Gasteiger partial charge in [0.25, 0.3) is 5.91 Å². The van der Waals surface area contributed by atoms with Crippen LogP contribution in [0.15, 0.2) is 29.4 Å². The first-order valence-corrected chi connectivity index (χ1v) is 7.04. The third-order valence-corrected chi connectivity index (χ3v) is 3.42. The molecule has 0 aliphatic heterocycles. The van der Waals surface area contributed by atoms with Crippen LogP contribution in [-0.4, -0.2) is 18.2 Å². The summed E-state index contributed by atoms with van der Waals surface area (Å²) >= 11 is 2.22. The molecule has 1 aliphatic carbocycles. The predicted octanol–water partition coefficient (Wildman–Crippen LogP) is 2.72. The van der Waals surface area contributed by atoms with Crippen LogP contribution in [-0.2, 0) is 4.79 Å². The Morgan fingerprint density at radius 3 is 2.61 bits per heavy atom. The van der Waals surface area contributed by atoms with Gasteiger partial charge in [-0.15, -0.1) is 0 Å². The van der Waals surface area contributed by atoms with Gasteiger partial charge in [-0.2, -0.15) is 5.10 Å². The number of hydrogen-bond acceptors (Lipinski definition) is 3. The molecular formula is C13H15IN2O2. The van der Waals surface area contributed by atoms with Crippen LogP contribution in [0.4, 0.5) is 0 Å². The molecule has 1 aliphatic rings. The summed E-state index contributed by atoms with van der Waals surface area (Å²) in [5.41, 5.74) is 3.61. The molecule has 4 nitrogen and oxygen atoms in total. The fraction of sp³-hybridized carbons (Fsp3) is 0.385. The molecule has 0 unspecified atom stereocenters. The average Bonchev–Trinajstić information content (AvgIpc) is 2.89. The molecule has 18 heavy (non-hydrogen) atoms. The van der Waals surface area contributed by atoms with Gasteiger partial charge in [-0.3, -0.25) is 4.79 Å². The second-order valence-corrected chi connectivity index (χ2v) is 5.41. The number of ether oxygens (including phenoxy) is 1. The Hall–Kier alpha value is -1.11. The molecule has 5 heteroatoms. The molecule has 1 saturated carbocycles. The second-order valence-electron chi connectivity index (χ2n) is 4.16. The summed E-state index contributed by atoms with van der Waals surface area (Å²) in [6, 6.07) is 7.56. The summed E-state index contributed by atoms with van der Waals surface area (Å²) in [4.78, 5) is 11.5. The molecule has 1 fully saturated rings. The van der Waals surface area contributed by atoms with Crippen molar-refractivity contribution in [2.75, 3.05) is 6.61 Å². The molecule has 0 atom stereocenters. The maximum absolute atomic E-state index is 11.5. The lowest BCUT2D eigenvalue weighted by Crippen LogP contribution is -2.25. The first-order valence-electron chi connectivity index (χ1n) is 5.97. The van der Waals surface area contributed by atoms with E-state index >= 15 is 0 Å². The van der Waals surface area contributed by atoms with E-state index in [0.29, 0.717) is 5.75 Å². The summed E-state index contributed by atoms with van der Waals surface area (Å²) in [6.45, 7) is -0.00261. The van der Waals surface area contributed by atoms with E-state index in [1.165, 1.54) is 12.8 Å². The van der Waals surface area contributed by atoms with E-state index in [0.717, 1.165) is 22.1 Å². The summed E-state index contributed by atoms with van der Waals surface area (Å²) < 4.78 is 6.49. The number of rotatable bonds is 4. The summed E-state index contributed by atoms with van der Waals surface area (Å²) in [7, 11) is 0. The highest BCUT2D eigenvalue weighted by Gasteiger charge is 2.09. The maximum atomic E-state index is 11.5. The minimum Gasteiger partial charge on any atom is -0.484 e. The zero-order valence-corrected chi connectivity index (χ0v) is 12.1. The highest BCUT2D eigenvalue weighted by atomic mass is 127. The third-order valence-electron chi connectivity index (χ3n) is 2.70. The Balaban J connectivity index is 1.74. The monoisotopic (exact) mass is 358 g/mol. The largest absolute Gasteiger partial charge is 0.484 e. The van der Waals surface area contributed by atoms with E-state index in [2.05, 4.69) is 33.1 Å². The highest BCUT2D eigenvalue weighted by Crippen LogP contribution is 2.14.